The number of para-hydroxylation sites is 1. The molecule has 9 heteroatoms. The SMILES string of the molecule is Cn1c(N)c(C(=O)COC(=O)c2cc3ccccc3[nH]2)c(=O)n(C)c1=O. The fourth-order valence-electron chi connectivity index (χ4n) is 2.59. The number of hydrogen-bond acceptors (Lipinski definition) is 6. The maximum Gasteiger partial charge on any atom is 0.355 e. The third kappa shape index (κ3) is 2.79. The Morgan fingerprint density at radius 2 is 1.85 bits per heavy atom. The molecule has 0 unspecified atom stereocenters. The van der Waals surface area contributed by atoms with E-state index in [-0.39, 0.29) is 17.1 Å². The van der Waals surface area contributed by atoms with Crippen LogP contribution < -0.4 is 17.0 Å². The number of anilines is 1. The number of ether oxygens (including phenoxy) is 1. The van der Waals surface area contributed by atoms with Crippen molar-refractivity contribution < 1.29 is 14.3 Å². The molecule has 0 aliphatic carbocycles. The molecule has 3 aromatic rings. The Bertz CT molecular complexity index is 1120. The van der Waals surface area contributed by atoms with Gasteiger partial charge in [0.2, 0.25) is 5.78 Å². The van der Waals surface area contributed by atoms with Crippen LogP contribution >= 0.6 is 0 Å². The summed E-state index contributed by atoms with van der Waals surface area (Å²) in [6, 6.07) is 8.86. The van der Waals surface area contributed by atoms with Crippen molar-refractivity contribution in [2.75, 3.05) is 12.3 Å². The van der Waals surface area contributed by atoms with Crippen LogP contribution in [0.25, 0.3) is 10.9 Å². The second-order valence-electron chi connectivity index (χ2n) is 5.74. The molecule has 9 nitrogen and oxygen atoms in total. The molecular weight excluding hydrogens is 340 g/mol. The van der Waals surface area contributed by atoms with Gasteiger partial charge < -0.3 is 15.5 Å². The van der Waals surface area contributed by atoms with Gasteiger partial charge in [-0.25, -0.2) is 9.59 Å². The Kier molecular flexibility index (Phi) is 4.21. The van der Waals surface area contributed by atoms with Gasteiger partial charge in [-0.2, -0.15) is 0 Å². The van der Waals surface area contributed by atoms with Gasteiger partial charge in [0, 0.05) is 25.0 Å². The lowest BCUT2D eigenvalue weighted by Crippen LogP contribution is -2.42. The normalized spacial score (nSPS) is 10.8. The van der Waals surface area contributed by atoms with Crippen molar-refractivity contribution >= 4 is 28.5 Å². The van der Waals surface area contributed by atoms with Crippen molar-refractivity contribution in [1.82, 2.24) is 14.1 Å². The molecule has 0 bridgehead atoms. The zero-order valence-electron chi connectivity index (χ0n) is 14.1. The number of benzene rings is 1. The van der Waals surface area contributed by atoms with Crippen molar-refractivity contribution in [3.63, 3.8) is 0 Å². The number of esters is 1. The smallest absolute Gasteiger partial charge is 0.355 e. The number of carbonyl (C=O) groups excluding carboxylic acids is 2. The number of nitrogens with zero attached hydrogens (tertiary/aromatic N) is 2. The maximum atomic E-state index is 12.3. The fourth-order valence-corrected chi connectivity index (χ4v) is 2.59. The Balaban J connectivity index is 1.82. The largest absolute Gasteiger partial charge is 0.453 e. The number of hydrogen-bond donors (Lipinski definition) is 2. The van der Waals surface area contributed by atoms with E-state index in [1.165, 1.54) is 14.1 Å². The number of H-pyrrole nitrogens is 1. The molecule has 26 heavy (non-hydrogen) atoms. The van der Waals surface area contributed by atoms with Crippen LogP contribution in [0.5, 0.6) is 0 Å². The predicted octanol–water partition coefficient (Wildman–Crippen LogP) is 0.187. The van der Waals surface area contributed by atoms with E-state index in [0.29, 0.717) is 0 Å². The van der Waals surface area contributed by atoms with E-state index in [0.717, 1.165) is 20.0 Å². The average molecular weight is 356 g/mol. The van der Waals surface area contributed by atoms with Gasteiger partial charge in [-0.15, -0.1) is 0 Å². The van der Waals surface area contributed by atoms with Gasteiger partial charge in [-0.1, -0.05) is 18.2 Å². The number of carbonyl (C=O) groups is 2. The molecule has 0 aliphatic rings. The first-order valence-corrected chi connectivity index (χ1v) is 7.65. The Labute approximate surface area is 146 Å². The standard InChI is InChI=1S/C17H16N4O5/c1-20-14(18)13(15(23)21(2)17(20)25)12(22)8-26-16(24)11-7-9-5-3-4-6-10(9)19-11/h3-7,19H,8,18H2,1-2H3. The number of aromatic nitrogens is 3. The highest BCUT2D eigenvalue weighted by Gasteiger charge is 2.22. The fraction of sp³-hybridized carbons (Fsp3) is 0.176. The van der Waals surface area contributed by atoms with Crippen molar-refractivity contribution in [1.29, 1.82) is 0 Å². The van der Waals surface area contributed by atoms with E-state index < -0.39 is 29.6 Å². The van der Waals surface area contributed by atoms with E-state index in [1.54, 1.807) is 12.1 Å². The number of fused-ring (bicyclic) bond motifs is 1. The van der Waals surface area contributed by atoms with E-state index in [1.807, 2.05) is 18.2 Å². The van der Waals surface area contributed by atoms with Crippen molar-refractivity contribution in [2.45, 2.75) is 0 Å². The van der Waals surface area contributed by atoms with Gasteiger partial charge in [-0.05, 0) is 12.1 Å². The van der Waals surface area contributed by atoms with Crippen LogP contribution in [-0.4, -0.2) is 32.5 Å². The van der Waals surface area contributed by atoms with E-state index in [4.69, 9.17) is 10.5 Å². The first kappa shape index (κ1) is 17.2. The summed E-state index contributed by atoms with van der Waals surface area (Å²) in [6.07, 6.45) is 0. The summed E-state index contributed by atoms with van der Waals surface area (Å²) in [5.41, 5.74) is 4.76. The minimum absolute atomic E-state index is 0.181. The monoisotopic (exact) mass is 356 g/mol. The van der Waals surface area contributed by atoms with Crippen LogP contribution in [-0.2, 0) is 18.8 Å². The molecule has 0 aliphatic heterocycles. The number of nitrogens with one attached hydrogen (secondary N) is 1. The number of rotatable bonds is 4. The Morgan fingerprint density at radius 1 is 1.15 bits per heavy atom. The number of ketones is 1. The first-order valence-electron chi connectivity index (χ1n) is 7.65. The molecule has 0 fully saturated rings. The zero-order chi connectivity index (χ0) is 19.0. The molecule has 0 radical (unpaired) electrons. The lowest BCUT2D eigenvalue weighted by atomic mass is 10.2. The summed E-state index contributed by atoms with van der Waals surface area (Å²) in [6.45, 7) is -0.675. The Hall–Kier alpha value is -3.62. The molecule has 3 rings (SSSR count). The third-order valence-corrected chi connectivity index (χ3v) is 4.07. The van der Waals surface area contributed by atoms with E-state index in [2.05, 4.69) is 4.98 Å². The molecule has 3 N–H and O–H groups in total. The van der Waals surface area contributed by atoms with Gasteiger partial charge in [0.05, 0.1) is 0 Å². The van der Waals surface area contributed by atoms with Crippen LogP contribution in [0, 0.1) is 0 Å². The number of aromatic amines is 1. The highest BCUT2D eigenvalue weighted by molar-refractivity contribution is 6.02. The summed E-state index contributed by atoms with van der Waals surface area (Å²) in [4.78, 5) is 51.2. The first-order chi connectivity index (χ1) is 12.3. The van der Waals surface area contributed by atoms with E-state index >= 15 is 0 Å². The van der Waals surface area contributed by atoms with Crippen LogP contribution in [0.15, 0.2) is 39.9 Å². The number of Topliss-reactive ketones (excluding diaryl/α,β-unsaturated/α-hetero) is 1. The van der Waals surface area contributed by atoms with Gasteiger partial charge >= 0.3 is 11.7 Å². The summed E-state index contributed by atoms with van der Waals surface area (Å²) < 4.78 is 6.73. The van der Waals surface area contributed by atoms with Crippen molar-refractivity contribution in [3.8, 4) is 0 Å². The third-order valence-electron chi connectivity index (χ3n) is 4.07. The molecule has 0 saturated heterocycles. The molecule has 0 amide bonds. The molecule has 0 saturated carbocycles. The highest BCUT2D eigenvalue weighted by atomic mass is 16.5. The molecule has 2 aromatic heterocycles. The second-order valence-corrected chi connectivity index (χ2v) is 5.74. The minimum Gasteiger partial charge on any atom is -0.453 e. The maximum absolute atomic E-state index is 12.3. The molecule has 2 heterocycles. The lowest BCUT2D eigenvalue weighted by Gasteiger charge is -2.10. The van der Waals surface area contributed by atoms with Crippen molar-refractivity contribution in [3.05, 3.63) is 62.4 Å². The lowest BCUT2D eigenvalue weighted by molar-refractivity contribution is 0.0469. The van der Waals surface area contributed by atoms with Gasteiger partial charge in [0.15, 0.2) is 6.61 Å². The highest BCUT2D eigenvalue weighted by Crippen LogP contribution is 2.15. The second kappa shape index (κ2) is 6.36. The summed E-state index contributed by atoms with van der Waals surface area (Å²) >= 11 is 0. The van der Waals surface area contributed by atoms with Gasteiger partial charge in [0.1, 0.15) is 17.1 Å². The average Bonchev–Trinajstić information content (AvgIpc) is 3.07. The molecule has 1 aromatic carbocycles. The topological polar surface area (TPSA) is 129 Å². The van der Waals surface area contributed by atoms with Crippen molar-refractivity contribution in [2.24, 2.45) is 14.1 Å². The van der Waals surface area contributed by atoms with Gasteiger partial charge in [0.25, 0.3) is 5.56 Å². The van der Waals surface area contributed by atoms with Gasteiger partial charge in [-0.3, -0.25) is 18.7 Å². The summed E-state index contributed by atoms with van der Waals surface area (Å²) in [7, 11) is 2.57. The summed E-state index contributed by atoms with van der Waals surface area (Å²) in [5.74, 6) is -1.80. The summed E-state index contributed by atoms with van der Waals surface area (Å²) in [5, 5.41) is 0.821. The quantitative estimate of drug-likeness (QED) is 0.507. The molecular formula is C17H16N4O5. The van der Waals surface area contributed by atoms with Crippen LogP contribution in [0.2, 0.25) is 0 Å². The van der Waals surface area contributed by atoms with E-state index in [9.17, 15) is 19.2 Å². The van der Waals surface area contributed by atoms with Crippen LogP contribution in [0.4, 0.5) is 5.82 Å². The zero-order valence-corrected chi connectivity index (χ0v) is 14.1. The minimum atomic E-state index is -0.836. The molecule has 0 spiro atoms. The number of nitrogens with two attached hydrogens (primary N) is 1. The van der Waals surface area contributed by atoms with Crippen LogP contribution in [0.1, 0.15) is 20.8 Å². The Morgan fingerprint density at radius 3 is 2.54 bits per heavy atom. The van der Waals surface area contributed by atoms with Crippen LogP contribution in [0.3, 0.4) is 0 Å². The number of nitrogen functional groups attached to an aromatic ring is 1. The predicted molar refractivity (Wildman–Crippen MR) is 94.2 cm³/mol. The molecule has 0 atom stereocenters. The molecule has 134 valence electrons.